The number of hydrogen-bond donors (Lipinski definition) is 0. The number of nitrogens with zero attached hydrogens (tertiary/aromatic N) is 2. The summed E-state index contributed by atoms with van der Waals surface area (Å²) >= 11 is 5.88. The molecule has 0 radical (unpaired) electrons. The molecule has 0 aromatic heterocycles. The number of rotatable bonds is 7. The van der Waals surface area contributed by atoms with Crippen molar-refractivity contribution in [3.63, 3.8) is 0 Å². The van der Waals surface area contributed by atoms with Crippen LogP contribution >= 0.6 is 11.6 Å². The lowest BCUT2D eigenvalue weighted by molar-refractivity contribution is -0.137. The van der Waals surface area contributed by atoms with Crippen LogP contribution in [0.4, 0.5) is 32.4 Å². The van der Waals surface area contributed by atoms with Crippen molar-refractivity contribution in [1.82, 2.24) is 4.90 Å². The van der Waals surface area contributed by atoms with Crippen LogP contribution in [0.25, 0.3) is 0 Å². The minimum absolute atomic E-state index is 0.00834. The van der Waals surface area contributed by atoms with Crippen molar-refractivity contribution in [2.45, 2.75) is 23.2 Å². The number of sulfone groups is 1. The number of alkyl halides is 3. The zero-order valence-corrected chi connectivity index (χ0v) is 23.3. The van der Waals surface area contributed by atoms with E-state index in [0.29, 0.717) is 0 Å². The molecule has 1 fully saturated rings. The van der Waals surface area contributed by atoms with E-state index in [0.717, 1.165) is 24.3 Å². The lowest BCUT2D eigenvalue weighted by atomic mass is 10.0. The molecule has 1 aliphatic heterocycles. The minimum atomic E-state index is -4.53. The second-order valence-electron chi connectivity index (χ2n) is 9.63. The second-order valence-corrected chi connectivity index (χ2v) is 12.1. The Kier molecular flexibility index (Phi) is 9.13. The number of hydrogen-bond acceptors (Lipinski definition) is 5. The Labute approximate surface area is 239 Å². The SMILES string of the molecule is C[C@H](COC(=O)N1CCN(c2ccccc2C(F)(F)F)CC1)[C@@H](c1cc(F)ccc1F)S(=O)(=O)c1ccc(Cl)cc1. The summed E-state index contributed by atoms with van der Waals surface area (Å²) in [6.45, 7) is 1.32. The van der Waals surface area contributed by atoms with Crippen LogP contribution in [-0.2, 0) is 20.8 Å². The van der Waals surface area contributed by atoms with E-state index in [9.17, 15) is 35.2 Å². The van der Waals surface area contributed by atoms with Crippen molar-refractivity contribution >= 4 is 33.2 Å². The fraction of sp³-hybridized carbons (Fsp3) is 0.321. The molecular formula is C28H26ClF5N2O4S. The molecule has 41 heavy (non-hydrogen) atoms. The van der Waals surface area contributed by atoms with Crippen molar-refractivity contribution in [2.75, 3.05) is 37.7 Å². The number of piperazine rings is 1. The molecule has 0 saturated carbocycles. The molecule has 1 saturated heterocycles. The van der Waals surface area contributed by atoms with E-state index in [1.54, 1.807) is 0 Å². The molecule has 220 valence electrons. The predicted octanol–water partition coefficient (Wildman–Crippen LogP) is 6.75. The summed E-state index contributed by atoms with van der Waals surface area (Å²) in [5.41, 5.74) is -1.18. The fourth-order valence-corrected chi connectivity index (χ4v) is 6.92. The van der Waals surface area contributed by atoms with Crippen LogP contribution in [0.5, 0.6) is 0 Å². The number of anilines is 1. The van der Waals surface area contributed by atoms with Gasteiger partial charge in [-0.15, -0.1) is 0 Å². The Balaban J connectivity index is 1.47. The Morgan fingerprint density at radius 3 is 2.24 bits per heavy atom. The first-order valence-corrected chi connectivity index (χ1v) is 14.5. The van der Waals surface area contributed by atoms with Crippen molar-refractivity contribution in [1.29, 1.82) is 0 Å². The third-order valence-corrected chi connectivity index (χ3v) is 9.38. The van der Waals surface area contributed by atoms with E-state index in [4.69, 9.17) is 16.3 Å². The Hall–Kier alpha value is -3.38. The molecule has 3 aromatic rings. The van der Waals surface area contributed by atoms with Gasteiger partial charge in [0.1, 0.15) is 11.6 Å². The minimum Gasteiger partial charge on any atom is -0.449 e. The van der Waals surface area contributed by atoms with Gasteiger partial charge in [0.05, 0.1) is 22.3 Å². The molecule has 1 heterocycles. The zero-order chi connectivity index (χ0) is 29.9. The topological polar surface area (TPSA) is 66.9 Å². The van der Waals surface area contributed by atoms with Gasteiger partial charge < -0.3 is 14.5 Å². The molecule has 2 atom stereocenters. The summed E-state index contributed by atoms with van der Waals surface area (Å²) in [5.74, 6) is -2.80. The van der Waals surface area contributed by atoms with Gasteiger partial charge in [-0.1, -0.05) is 30.7 Å². The highest BCUT2D eigenvalue weighted by molar-refractivity contribution is 7.91. The zero-order valence-electron chi connectivity index (χ0n) is 21.7. The smallest absolute Gasteiger partial charge is 0.418 e. The maximum atomic E-state index is 14.8. The van der Waals surface area contributed by atoms with E-state index >= 15 is 0 Å². The van der Waals surface area contributed by atoms with Crippen LogP contribution < -0.4 is 4.90 Å². The third kappa shape index (κ3) is 6.92. The molecule has 1 aliphatic rings. The number of carbonyl (C=O) groups excluding carboxylic acids is 1. The number of carbonyl (C=O) groups is 1. The predicted molar refractivity (Wildman–Crippen MR) is 143 cm³/mol. The van der Waals surface area contributed by atoms with E-state index in [1.807, 2.05) is 0 Å². The molecule has 0 bridgehead atoms. The molecule has 0 N–H and O–H groups in total. The Morgan fingerprint density at radius 1 is 0.976 bits per heavy atom. The summed E-state index contributed by atoms with van der Waals surface area (Å²) in [6, 6.07) is 12.8. The number of benzene rings is 3. The molecule has 0 unspecified atom stereocenters. The van der Waals surface area contributed by atoms with E-state index in [1.165, 1.54) is 59.2 Å². The van der Waals surface area contributed by atoms with Gasteiger partial charge in [0, 0.05) is 48.4 Å². The summed E-state index contributed by atoms with van der Waals surface area (Å²) in [4.78, 5) is 15.5. The van der Waals surface area contributed by atoms with Gasteiger partial charge in [-0.3, -0.25) is 0 Å². The highest BCUT2D eigenvalue weighted by atomic mass is 35.5. The molecular weight excluding hydrogens is 591 g/mol. The highest BCUT2D eigenvalue weighted by Gasteiger charge is 2.38. The molecule has 1 amide bonds. The van der Waals surface area contributed by atoms with Crippen molar-refractivity contribution in [2.24, 2.45) is 5.92 Å². The summed E-state index contributed by atoms with van der Waals surface area (Å²) < 4.78 is 102. The summed E-state index contributed by atoms with van der Waals surface area (Å²) in [6.07, 6.45) is -5.34. The van der Waals surface area contributed by atoms with Crippen LogP contribution in [0.2, 0.25) is 5.02 Å². The number of amides is 1. The van der Waals surface area contributed by atoms with Gasteiger partial charge in [0.2, 0.25) is 0 Å². The van der Waals surface area contributed by atoms with Crippen molar-refractivity contribution in [3.8, 4) is 0 Å². The van der Waals surface area contributed by atoms with Gasteiger partial charge in [0.15, 0.2) is 9.84 Å². The largest absolute Gasteiger partial charge is 0.449 e. The van der Waals surface area contributed by atoms with Gasteiger partial charge in [-0.25, -0.2) is 22.0 Å². The molecule has 6 nitrogen and oxygen atoms in total. The van der Waals surface area contributed by atoms with Crippen LogP contribution in [-0.4, -0.2) is 52.2 Å². The maximum absolute atomic E-state index is 14.8. The number of para-hydroxylation sites is 1. The van der Waals surface area contributed by atoms with Gasteiger partial charge >= 0.3 is 12.3 Å². The first-order valence-electron chi connectivity index (χ1n) is 12.6. The third-order valence-electron chi connectivity index (χ3n) is 6.82. The molecule has 4 rings (SSSR count). The normalized spacial score (nSPS) is 15.9. The Morgan fingerprint density at radius 2 is 1.61 bits per heavy atom. The van der Waals surface area contributed by atoms with E-state index < -0.39 is 62.6 Å². The second kappa shape index (κ2) is 12.2. The molecule has 13 heteroatoms. The van der Waals surface area contributed by atoms with Crippen molar-refractivity contribution < 1.29 is 39.9 Å². The lowest BCUT2D eigenvalue weighted by Crippen LogP contribution is -2.49. The van der Waals surface area contributed by atoms with E-state index in [2.05, 4.69) is 0 Å². The first kappa shape index (κ1) is 30.6. The Bertz CT molecular complexity index is 1490. The quantitative estimate of drug-likeness (QED) is 0.275. The van der Waals surface area contributed by atoms with Crippen LogP contribution in [0.3, 0.4) is 0 Å². The first-order chi connectivity index (χ1) is 19.3. The highest BCUT2D eigenvalue weighted by Crippen LogP contribution is 2.38. The molecule has 0 aliphatic carbocycles. The molecule has 0 spiro atoms. The number of halogens is 6. The van der Waals surface area contributed by atoms with E-state index in [-0.39, 0.29) is 41.8 Å². The number of ether oxygens (including phenoxy) is 1. The average molecular weight is 617 g/mol. The van der Waals surface area contributed by atoms with Gasteiger partial charge in [0.25, 0.3) is 0 Å². The standard InChI is InChI=1S/C28H26ClF5N2O4S/c1-18(26(22-16-20(30)8-11-24(22)31)41(38,39)21-9-6-19(29)7-10-21)17-40-27(37)36-14-12-35(13-15-36)25-5-3-2-4-23(25)28(32,33)34/h2-11,16,18,26H,12-15,17H2,1H3/t18-,26+/m1/s1. The van der Waals surface area contributed by atoms with Crippen LogP contribution in [0.1, 0.15) is 23.3 Å². The summed E-state index contributed by atoms with van der Waals surface area (Å²) in [7, 11) is -4.31. The van der Waals surface area contributed by atoms with Crippen molar-refractivity contribution in [3.05, 3.63) is 94.5 Å². The van der Waals surface area contributed by atoms with Gasteiger partial charge in [-0.05, 0) is 54.6 Å². The monoisotopic (exact) mass is 616 g/mol. The van der Waals surface area contributed by atoms with Crippen LogP contribution in [0, 0.1) is 17.6 Å². The van der Waals surface area contributed by atoms with Crippen LogP contribution in [0.15, 0.2) is 71.6 Å². The fourth-order valence-electron chi connectivity index (χ4n) is 4.78. The maximum Gasteiger partial charge on any atom is 0.418 e. The lowest BCUT2D eigenvalue weighted by Gasteiger charge is -2.36. The molecule has 3 aromatic carbocycles. The summed E-state index contributed by atoms with van der Waals surface area (Å²) in [5, 5.41) is -1.33. The average Bonchev–Trinajstić information content (AvgIpc) is 2.93. The van der Waals surface area contributed by atoms with Gasteiger partial charge in [-0.2, -0.15) is 13.2 Å².